The summed E-state index contributed by atoms with van der Waals surface area (Å²) in [5.74, 6) is 0. The van der Waals surface area contributed by atoms with E-state index in [1.165, 1.54) is 23.3 Å². The van der Waals surface area contributed by atoms with Crippen LogP contribution in [0.2, 0.25) is 0 Å². The van der Waals surface area contributed by atoms with Crippen molar-refractivity contribution in [2.24, 2.45) is 0 Å². The Kier molecular flexibility index (Phi) is 4.03. The van der Waals surface area contributed by atoms with E-state index in [2.05, 4.69) is 27.6 Å². The lowest BCUT2D eigenvalue weighted by atomic mass is 10.2. The van der Waals surface area contributed by atoms with Crippen molar-refractivity contribution >= 4 is 22.5 Å². The van der Waals surface area contributed by atoms with Crippen LogP contribution >= 0.6 is 11.3 Å². The number of carbonyl (C=O) groups is 1. The smallest absolute Gasteiger partial charge is 0.314 e. The Morgan fingerprint density at radius 1 is 1.35 bits per heavy atom. The largest absolute Gasteiger partial charge is 0.325 e. The Hall–Kier alpha value is -1.40. The molecule has 0 atom stereocenters. The van der Waals surface area contributed by atoms with E-state index in [9.17, 15) is 4.79 Å². The summed E-state index contributed by atoms with van der Waals surface area (Å²) < 4.78 is 0. The number of likely N-dealkylation sites (N-methyl/N-ethyl adjacent to an activating group) is 1. The van der Waals surface area contributed by atoms with Gasteiger partial charge < -0.3 is 10.2 Å². The minimum atomic E-state index is -0.191. The molecule has 2 N–H and O–H groups in total. The zero-order chi connectivity index (χ0) is 13.9. The molecule has 2 aliphatic rings. The van der Waals surface area contributed by atoms with Gasteiger partial charge in [-0.2, -0.15) is 0 Å². The van der Waals surface area contributed by atoms with Crippen LogP contribution < -0.4 is 10.6 Å². The first-order chi connectivity index (χ1) is 9.70. The second kappa shape index (κ2) is 5.93. The Morgan fingerprint density at radius 2 is 2.15 bits per heavy atom. The van der Waals surface area contributed by atoms with E-state index in [-0.39, 0.29) is 6.03 Å². The lowest BCUT2D eigenvalue weighted by molar-refractivity contribution is 0.255. The third kappa shape index (κ3) is 3.19. The minimum Gasteiger partial charge on any atom is -0.314 e. The summed E-state index contributed by atoms with van der Waals surface area (Å²) >= 11 is 1.58. The molecule has 0 spiro atoms. The predicted molar refractivity (Wildman–Crippen MR) is 80.9 cm³/mol. The van der Waals surface area contributed by atoms with Crippen LogP contribution in [0, 0.1) is 0 Å². The number of nitrogens with one attached hydrogen (secondary N) is 2. The highest BCUT2D eigenvalue weighted by Gasteiger charge is 2.18. The molecule has 0 saturated heterocycles. The summed E-state index contributed by atoms with van der Waals surface area (Å²) in [5, 5.41) is 6.34. The number of nitrogens with zero attached hydrogens (tertiary/aromatic N) is 2. The molecule has 3 rings (SSSR count). The van der Waals surface area contributed by atoms with Crippen molar-refractivity contribution < 1.29 is 4.79 Å². The molecule has 108 valence electrons. The summed E-state index contributed by atoms with van der Waals surface area (Å²) in [4.78, 5) is 19.9. The second-order valence-corrected chi connectivity index (χ2v) is 6.57. The zero-order valence-corrected chi connectivity index (χ0v) is 12.6. The first-order valence-electron chi connectivity index (χ1n) is 7.13. The van der Waals surface area contributed by atoms with Gasteiger partial charge in [-0.1, -0.05) is 5.57 Å². The lowest BCUT2D eigenvalue weighted by Crippen LogP contribution is -2.25. The van der Waals surface area contributed by atoms with Gasteiger partial charge in [-0.05, 0) is 32.7 Å². The van der Waals surface area contributed by atoms with E-state index in [0.29, 0.717) is 5.13 Å². The quantitative estimate of drug-likeness (QED) is 0.881. The molecule has 0 bridgehead atoms. The van der Waals surface area contributed by atoms with Gasteiger partial charge in [-0.3, -0.25) is 5.32 Å². The van der Waals surface area contributed by atoms with Crippen LogP contribution in [0.4, 0.5) is 9.93 Å². The number of allylic oxidation sites excluding steroid dienone is 1. The molecule has 1 saturated carbocycles. The fourth-order valence-corrected chi connectivity index (χ4v) is 3.73. The van der Waals surface area contributed by atoms with Gasteiger partial charge in [0, 0.05) is 30.6 Å². The Labute approximate surface area is 123 Å². The highest BCUT2D eigenvalue weighted by molar-refractivity contribution is 7.15. The van der Waals surface area contributed by atoms with E-state index in [1.54, 1.807) is 11.3 Å². The molecule has 1 aromatic heterocycles. The van der Waals surface area contributed by atoms with Crippen LogP contribution in [0.25, 0.3) is 0 Å². The molecule has 2 amide bonds. The van der Waals surface area contributed by atoms with E-state index < -0.39 is 0 Å². The van der Waals surface area contributed by atoms with Gasteiger partial charge in [0.15, 0.2) is 5.13 Å². The van der Waals surface area contributed by atoms with Crippen molar-refractivity contribution in [2.45, 2.75) is 38.6 Å². The molecule has 5 nitrogen and oxygen atoms in total. The first kappa shape index (κ1) is 13.6. The maximum atomic E-state index is 11.8. The van der Waals surface area contributed by atoms with Crippen molar-refractivity contribution in [1.82, 2.24) is 15.2 Å². The standard InChI is InChI=1S/C14H20N4OS/c1-18-7-6-11-12(9-18)20-14(16-11)17-13(19)15-8-10-4-2-3-5-10/h8H,2-7,9H2,1H3,(H2,15,16,17,19). The predicted octanol–water partition coefficient (Wildman–Crippen LogP) is 2.71. The molecule has 1 fully saturated rings. The molecule has 0 unspecified atom stereocenters. The van der Waals surface area contributed by atoms with Crippen LogP contribution in [-0.4, -0.2) is 29.5 Å². The maximum Gasteiger partial charge on any atom is 0.325 e. The van der Waals surface area contributed by atoms with Crippen molar-refractivity contribution in [3.63, 3.8) is 0 Å². The van der Waals surface area contributed by atoms with Gasteiger partial charge in [-0.15, -0.1) is 11.3 Å². The fourth-order valence-electron chi connectivity index (χ4n) is 2.65. The number of carbonyl (C=O) groups excluding carboxylic acids is 1. The van der Waals surface area contributed by atoms with E-state index in [4.69, 9.17) is 0 Å². The van der Waals surface area contributed by atoms with Crippen LogP contribution in [0.1, 0.15) is 36.3 Å². The van der Waals surface area contributed by atoms with Gasteiger partial charge in [0.25, 0.3) is 0 Å². The summed E-state index contributed by atoms with van der Waals surface area (Å²) in [7, 11) is 2.11. The molecular weight excluding hydrogens is 272 g/mol. The lowest BCUT2D eigenvalue weighted by Gasteiger charge is -2.20. The second-order valence-electron chi connectivity index (χ2n) is 5.48. The number of aromatic nitrogens is 1. The number of fused-ring (bicyclic) bond motifs is 1. The molecule has 1 aliphatic carbocycles. The summed E-state index contributed by atoms with van der Waals surface area (Å²) in [6.45, 7) is 1.97. The maximum absolute atomic E-state index is 11.8. The SMILES string of the molecule is CN1CCc2nc(NC(=O)NC=C3CCCC3)sc2C1. The third-order valence-corrected chi connectivity index (χ3v) is 4.79. The highest BCUT2D eigenvalue weighted by atomic mass is 32.1. The molecule has 0 radical (unpaired) electrons. The van der Waals surface area contributed by atoms with Crippen molar-refractivity contribution in [3.05, 3.63) is 22.3 Å². The molecule has 0 aromatic carbocycles. The minimum absolute atomic E-state index is 0.191. The number of urea groups is 1. The van der Waals surface area contributed by atoms with Crippen LogP contribution in [0.3, 0.4) is 0 Å². The topological polar surface area (TPSA) is 57.3 Å². The average molecular weight is 292 g/mol. The molecule has 1 aromatic rings. The number of hydrogen-bond acceptors (Lipinski definition) is 4. The van der Waals surface area contributed by atoms with Gasteiger partial charge in [0.1, 0.15) is 0 Å². The number of thiazole rings is 1. The van der Waals surface area contributed by atoms with Crippen LogP contribution in [-0.2, 0) is 13.0 Å². The highest BCUT2D eigenvalue weighted by Crippen LogP contribution is 2.27. The van der Waals surface area contributed by atoms with E-state index in [0.717, 1.165) is 38.0 Å². The van der Waals surface area contributed by atoms with Crippen molar-refractivity contribution in [2.75, 3.05) is 18.9 Å². The Balaban J connectivity index is 1.57. The van der Waals surface area contributed by atoms with Gasteiger partial charge in [0.05, 0.1) is 5.69 Å². The van der Waals surface area contributed by atoms with Gasteiger partial charge in [-0.25, -0.2) is 9.78 Å². The van der Waals surface area contributed by atoms with Crippen LogP contribution in [0.5, 0.6) is 0 Å². The number of amides is 2. The fraction of sp³-hybridized carbons (Fsp3) is 0.571. The van der Waals surface area contributed by atoms with E-state index >= 15 is 0 Å². The average Bonchev–Trinajstić information content (AvgIpc) is 3.04. The molecule has 1 aliphatic heterocycles. The molecule has 20 heavy (non-hydrogen) atoms. The summed E-state index contributed by atoms with van der Waals surface area (Å²) in [6.07, 6.45) is 7.51. The van der Waals surface area contributed by atoms with Gasteiger partial charge in [0.2, 0.25) is 0 Å². The zero-order valence-electron chi connectivity index (χ0n) is 11.7. The Bertz CT molecular complexity index is 529. The summed E-state index contributed by atoms with van der Waals surface area (Å²) in [6, 6.07) is -0.191. The number of anilines is 1. The summed E-state index contributed by atoms with van der Waals surface area (Å²) in [5.41, 5.74) is 2.47. The number of rotatable bonds is 2. The molecular formula is C14H20N4OS. The Morgan fingerprint density at radius 3 is 2.95 bits per heavy atom. The molecule has 6 heteroatoms. The third-order valence-electron chi connectivity index (χ3n) is 3.80. The monoisotopic (exact) mass is 292 g/mol. The normalized spacial score (nSPS) is 18.8. The van der Waals surface area contributed by atoms with E-state index in [1.807, 2.05) is 6.20 Å². The molecule has 2 heterocycles. The van der Waals surface area contributed by atoms with Gasteiger partial charge >= 0.3 is 6.03 Å². The number of hydrogen-bond donors (Lipinski definition) is 2. The van der Waals surface area contributed by atoms with Crippen LogP contribution in [0.15, 0.2) is 11.8 Å². The van der Waals surface area contributed by atoms with Crippen molar-refractivity contribution in [3.8, 4) is 0 Å². The van der Waals surface area contributed by atoms with Crippen molar-refractivity contribution in [1.29, 1.82) is 0 Å². The first-order valence-corrected chi connectivity index (χ1v) is 7.95.